The molecule has 71 heavy (non-hydrogen) atoms. The van der Waals surface area contributed by atoms with Gasteiger partial charge >= 0.3 is 5.97 Å². The average Bonchev–Trinajstić information content (AvgIpc) is 3.70. The molecule has 408 valence electrons. The molecular weight excluding hydrogens is 929 g/mol. The van der Waals surface area contributed by atoms with Crippen molar-refractivity contribution in [1.82, 2.24) is 0 Å². The fourth-order valence-corrected chi connectivity index (χ4v) is 15.2. The Labute approximate surface area is 418 Å². The molecule has 3 saturated heterocycles. The molecule has 4 aliphatic carbocycles. The largest absolute Gasteiger partial charge is 0.460 e. The Balaban J connectivity index is 1.11. The number of hydrogen-bond acceptors (Lipinski definition) is 19. The third-order valence-electron chi connectivity index (χ3n) is 19.3. The molecule has 0 spiro atoms. The molecule has 0 amide bonds. The summed E-state index contributed by atoms with van der Waals surface area (Å²) in [5, 5.41) is 121. The number of allylic oxidation sites excluding steroid dienone is 3. The van der Waals surface area contributed by atoms with Crippen LogP contribution in [0.15, 0.2) is 23.8 Å². The number of fused-ring (bicyclic) bond motifs is 5. The zero-order chi connectivity index (χ0) is 52.3. The predicted octanol–water partition coefficient (Wildman–Crippen LogP) is 1.10. The van der Waals surface area contributed by atoms with Crippen molar-refractivity contribution in [2.24, 2.45) is 45.3 Å². The van der Waals surface area contributed by atoms with E-state index >= 15 is 0 Å². The third-order valence-corrected chi connectivity index (χ3v) is 19.3. The van der Waals surface area contributed by atoms with Crippen LogP contribution in [0, 0.1) is 45.3 Å². The van der Waals surface area contributed by atoms with Gasteiger partial charge in [-0.25, -0.2) is 4.79 Å². The van der Waals surface area contributed by atoms with Gasteiger partial charge < -0.3 is 89.3 Å². The molecule has 0 aromatic heterocycles. The number of aliphatic hydroxyl groups excluding tert-OH is 11. The van der Waals surface area contributed by atoms with Gasteiger partial charge in [0.1, 0.15) is 79.9 Å². The summed E-state index contributed by atoms with van der Waals surface area (Å²) in [6.07, 6.45) is -13.4. The van der Waals surface area contributed by atoms with Gasteiger partial charge in [-0.05, 0) is 131 Å². The van der Waals surface area contributed by atoms with E-state index < -0.39 is 141 Å². The van der Waals surface area contributed by atoms with Gasteiger partial charge in [-0.15, -0.1) is 0 Å². The van der Waals surface area contributed by atoms with Crippen LogP contribution < -0.4 is 0 Å². The first-order chi connectivity index (χ1) is 33.2. The summed E-state index contributed by atoms with van der Waals surface area (Å²) in [6, 6.07) is 0. The Bertz CT molecular complexity index is 1880. The number of carbonyl (C=O) groups is 1. The van der Waals surface area contributed by atoms with Crippen LogP contribution in [0.1, 0.15) is 120 Å². The smallest absolute Gasteiger partial charge is 0.330 e. The van der Waals surface area contributed by atoms with Crippen LogP contribution in [-0.2, 0) is 38.0 Å². The van der Waals surface area contributed by atoms with Crippen LogP contribution in [0.3, 0.4) is 0 Å². The van der Waals surface area contributed by atoms with Crippen molar-refractivity contribution in [2.45, 2.75) is 230 Å². The summed E-state index contributed by atoms with van der Waals surface area (Å²) >= 11 is 0. The molecule has 7 fully saturated rings. The molecule has 7 aliphatic rings. The van der Waals surface area contributed by atoms with E-state index in [1.807, 2.05) is 20.8 Å². The third kappa shape index (κ3) is 10.2. The van der Waals surface area contributed by atoms with Gasteiger partial charge in [0.15, 0.2) is 18.9 Å². The first kappa shape index (κ1) is 57.0. The van der Waals surface area contributed by atoms with Gasteiger partial charge in [0.25, 0.3) is 0 Å². The molecule has 0 radical (unpaired) electrons. The topological polar surface area (TPSA) is 304 Å². The molecule has 11 N–H and O–H groups in total. The Morgan fingerprint density at radius 1 is 0.676 bits per heavy atom. The second-order valence-corrected chi connectivity index (χ2v) is 23.8. The van der Waals surface area contributed by atoms with Gasteiger partial charge in [0, 0.05) is 6.08 Å². The lowest BCUT2D eigenvalue weighted by atomic mass is 9.35. The van der Waals surface area contributed by atoms with Crippen LogP contribution in [0.25, 0.3) is 0 Å². The first-order valence-electron chi connectivity index (χ1n) is 26.0. The van der Waals surface area contributed by atoms with Crippen LogP contribution in [-0.4, -0.2) is 192 Å². The van der Waals surface area contributed by atoms with Crippen molar-refractivity contribution in [3.8, 4) is 0 Å². The molecule has 3 aliphatic heterocycles. The molecule has 4 saturated carbocycles. The van der Waals surface area contributed by atoms with Crippen molar-refractivity contribution in [3.63, 3.8) is 0 Å². The van der Waals surface area contributed by atoms with Gasteiger partial charge in [-0.2, -0.15) is 0 Å². The molecule has 7 rings (SSSR count). The maximum absolute atomic E-state index is 12.7. The number of ether oxygens (including phenoxy) is 7. The van der Waals surface area contributed by atoms with Gasteiger partial charge in [-0.1, -0.05) is 52.3 Å². The minimum absolute atomic E-state index is 0.0681. The maximum Gasteiger partial charge on any atom is 0.330 e. The van der Waals surface area contributed by atoms with Gasteiger partial charge in [-0.3, -0.25) is 0 Å². The summed E-state index contributed by atoms with van der Waals surface area (Å²) in [4.78, 5) is 12.1. The van der Waals surface area contributed by atoms with E-state index in [0.29, 0.717) is 32.1 Å². The van der Waals surface area contributed by atoms with Crippen LogP contribution in [0.2, 0.25) is 0 Å². The lowest BCUT2D eigenvalue weighted by Crippen LogP contribution is -2.68. The van der Waals surface area contributed by atoms with E-state index in [9.17, 15) is 61.0 Å². The summed E-state index contributed by atoms with van der Waals surface area (Å²) in [7, 11) is 0. The van der Waals surface area contributed by atoms with E-state index in [1.165, 1.54) is 6.08 Å². The summed E-state index contributed by atoms with van der Waals surface area (Å²) in [6.45, 7) is 17.3. The minimum Gasteiger partial charge on any atom is -0.460 e. The first-order valence-corrected chi connectivity index (χ1v) is 26.0. The lowest BCUT2D eigenvalue weighted by molar-refractivity contribution is -0.378. The van der Waals surface area contributed by atoms with E-state index in [-0.39, 0.29) is 39.9 Å². The summed E-state index contributed by atoms with van der Waals surface area (Å²) in [5.74, 6) is -0.943. The molecule has 0 aromatic carbocycles. The Morgan fingerprint density at radius 2 is 1.25 bits per heavy atom. The Hall–Kier alpha value is -1.73. The second-order valence-electron chi connectivity index (χ2n) is 23.8. The van der Waals surface area contributed by atoms with Crippen molar-refractivity contribution < 1.29 is 94.1 Å². The number of aliphatic hydroxyl groups is 11. The van der Waals surface area contributed by atoms with Crippen molar-refractivity contribution in [2.75, 3.05) is 19.8 Å². The van der Waals surface area contributed by atoms with E-state index in [4.69, 9.17) is 33.2 Å². The van der Waals surface area contributed by atoms with E-state index in [1.54, 1.807) is 6.92 Å². The molecule has 19 nitrogen and oxygen atoms in total. The predicted molar refractivity (Wildman–Crippen MR) is 252 cm³/mol. The summed E-state index contributed by atoms with van der Waals surface area (Å²) in [5.41, 5.74) is -1.22. The van der Waals surface area contributed by atoms with Gasteiger partial charge in [0.05, 0.1) is 31.0 Å². The zero-order valence-corrected chi connectivity index (χ0v) is 43.0. The Morgan fingerprint density at radius 3 is 1.87 bits per heavy atom. The highest BCUT2D eigenvalue weighted by Crippen LogP contribution is 2.76. The van der Waals surface area contributed by atoms with Crippen LogP contribution in [0.4, 0.5) is 0 Å². The molecule has 3 heterocycles. The zero-order valence-electron chi connectivity index (χ0n) is 43.0. The quantitative estimate of drug-likeness (QED) is 0.0474. The molecule has 25 unspecified atom stereocenters. The lowest BCUT2D eigenvalue weighted by Gasteiger charge is -2.71. The molecular formula is C52H86O19. The highest BCUT2D eigenvalue weighted by Gasteiger charge is 2.72. The number of esters is 1. The van der Waals surface area contributed by atoms with Crippen LogP contribution >= 0.6 is 0 Å². The highest BCUT2D eigenvalue weighted by atomic mass is 16.8. The number of rotatable bonds is 15. The maximum atomic E-state index is 12.7. The molecule has 19 heteroatoms. The summed E-state index contributed by atoms with van der Waals surface area (Å²) < 4.78 is 42.8. The molecule has 25 atom stereocenters. The Kier molecular flexibility index (Phi) is 17.4. The van der Waals surface area contributed by atoms with Crippen molar-refractivity contribution in [1.29, 1.82) is 0 Å². The molecule has 0 aromatic rings. The standard InChI is InChI=1S/C52H86O19/c1-10-12-34(56)65-24-30-38(59)40(61)42(63)45(68-30)70-44-41(62)37(58)29(23-54)67-47(44)69-33-16-18-49(6)31(48(33,4)5)15-20-50(7)32(49)21-27(55)35-26(14-19-51(35,50)8)52(9,17-11-13-25(2)3)71-46-43(64)39(60)36(57)28(22-53)66-46/h10,12-13,26-33,35-47,53-55,57-64H,11,14-24H2,1-9H3. The van der Waals surface area contributed by atoms with Crippen molar-refractivity contribution in [3.05, 3.63) is 23.8 Å². The highest BCUT2D eigenvalue weighted by molar-refractivity contribution is 5.81. The average molecular weight is 1020 g/mol. The number of hydrogen-bond donors (Lipinski definition) is 11. The normalized spacial score (nSPS) is 49.5. The SMILES string of the molecule is CC=CC(=O)OCC1OC(OC2C(OC3CCC4(C)C(CCC5(C)C4CC(O)C4C(C(C)(CCC=C(C)C)OC6OC(CO)C(O)C(O)C6O)CCC45C)C3(C)C)OC(CO)C(O)C2O)C(O)C(O)C1O. The van der Waals surface area contributed by atoms with Gasteiger partial charge in [0.2, 0.25) is 0 Å². The second kappa shape index (κ2) is 21.7. The fraction of sp³-hybridized carbons (Fsp3) is 0.904. The number of carbonyl (C=O) groups excluding carboxylic acids is 1. The van der Waals surface area contributed by atoms with E-state index in [2.05, 4.69) is 40.7 Å². The molecule has 0 bridgehead atoms. The monoisotopic (exact) mass is 1010 g/mol. The van der Waals surface area contributed by atoms with Crippen LogP contribution in [0.5, 0.6) is 0 Å². The van der Waals surface area contributed by atoms with Crippen molar-refractivity contribution >= 4 is 5.97 Å². The fourth-order valence-electron chi connectivity index (χ4n) is 15.2. The van der Waals surface area contributed by atoms with E-state index in [0.717, 1.165) is 37.3 Å². The minimum atomic E-state index is -1.84.